The highest BCUT2D eigenvalue weighted by Crippen LogP contribution is 2.50. The second-order valence-corrected chi connectivity index (χ2v) is 8.52. The molecule has 1 aromatic carbocycles. The van der Waals surface area contributed by atoms with E-state index in [9.17, 15) is 13.6 Å². The lowest BCUT2D eigenvalue weighted by molar-refractivity contribution is -0.0499. The Balaban J connectivity index is 1.37. The molecule has 2 N–H and O–H groups in total. The van der Waals surface area contributed by atoms with Gasteiger partial charge in [-0.3, -0.25) is 9.48 Å². The Labute approximate surface area is 187 Å². The maximum atomic E-state index is 13.6. The van der Waals surface area contributed by atoms with Crippen LogP contribution < -0.4 is 10.5 Å². The van der Waals surface area contributed by atoms with Gasteiger partial charge in [0, 0.05) is 19.0 Å². The number of nitrogens with two attached hydrogens (primary N) is 1. The van der Waals surface area contributed by atoms with Crippen LogP contribution in [0.15, 0.2) is 36.7 Å². The van der Waals surface area contributed by atoms with Crippen LogP contribution in [0.1, 0.15) is 46.4 Å². The number of alkyl halides is 2. The van der Waals surface area contributed by atoms with Crippen molar-refractivity contribution in [3.05, 3.63) is 53.5 Å². The highest BCUT2D eigenvalue weighted by atomic mass is 19.3. The Kier molecular flexibility index (Phi) is 4.26. The van der Waals surface area contributed by atoms with Crippen molar-refractivity contribution in [2.24, 2.45) is 7.05 Å². The number of hydrogen-bond donors (Lipinski definition) is 1. The lowest BCUT2D eigenvalue weighted by atomic mass is 9.95. The largest absolute Gasteiger partial charge is 0.435 e. The molecule has 2 atom stereocenters. The van der Waals surface area contributed by atoms with Gasteiger partial charge in [0.2, 0.25) is 0 Å². The van der Waals surface area contributed by atoms with Crippen molar-refractivity contribution in [1.29, 1.82) is 0 Å². The molecule has 2 aliphatic rings. The van der Waals surface area contributed by atoms with Gasteiger partial charge in [-0.2, -0.15) is 13.9 Å². The number of aryl methyl sites for hydroxylation is 1. The normalized spacial score (nSPS) is 19.5. The summed E-state index contributed by atoms with van der Waals surface area (Å²) in [6, 6.07) is 6.64. The molecule has 1 aliphatic carbocycles. The second kappa shape index (κ2) is 7.09. The Morgan fingerprint density at radius 1 is 1.21 bits per heavy atom. The predicted molar refractivity (Wildman–Crippen MR) is 117 cm³/mol. The number of halogens is 2. The maximum Gasteiger partial charge on any atom is 0.387 e. The van der Waals surface area contributed by atoms with E-state index in [-0.39, 0.29) is 23.6 Å². The zero-order chi connectivity index (χ0) is 22.9. The Hall–Kier alpha value is -3.82. The first-order valence-corrected chi connectivity index (χ1v) is 10.7. The van der Waals surface area contributed by atoms with Crippen LogP contribution in [0.4, 0.5) is 14.6 Å². The number of ether oxygens (including phenoxy) is 1. The zero-order valence-electron chi connectivity index (χ0n) is 17.7. The smallest absolute Gasteiger partial charge is 0.387 e. The Morgan fingerprint density at radius 2 is 2.06 bits per heavy atom. The summed E-state index contributed by atoms with van der Waals surface area (Å²) in [4.78, 5) is 24.2. The number of carbonyl (C=O) groups excluding carboxylic acids is 1. The fourth-order valence-electron chi connectivity index (χ4n) is 5.30. The molecule has 2 bridgehead atoms. The first-order chi connectivity index (χ1) is 15.9. The van der Waals surface area contributed by atoms with Gasteiger partial charge in [-0.25, -0.2) is 9.97 Å². The number of carbonyl (C=O) groups is 1. The molecule has 1 amide bonds. The van der Waals surface area contributed by atoms with E-state index in [0.717, 1.165) is 40.3 Å². The number of amides is 1. The highest BCUT2D eigenvalue weighted by molar-refractivity contribution is 6.09. The molecule has 168 valence electrons. The molecule has 8 nitrogen and oxygen atoms in total. The molecule has 0 radical (unpaired) electrons. The van der Waals surface area contributed by atoms with Crippen LogP contribution in [0.3, 0.4) is 0 Å². The monoisotopic (exact) mass is 450 g/mol. The molecule has 0 unspecified atom stereocenters. The average molecular weight is 450 g/mol. The minimum absolute atomic E-state index is 0.120. The van der Waals surface area contributed by atoms with Crippen LogP contribution >= 0.6 is 0 Å². The molecular weight excluding hydrogens is 430 g/mol. The lowest BCUT2D eigenvalue weighted by Crippen LogP contribution is -2.38. The SMILES string of the molecule is Cn1ncc2c(N)nc3cnc(C(=O)N4CC[C@@H]5C[C@H]4c4ccc(OC(F)F)cc45)cc3c21. The quantitative estimate of drug-likeness (QED) is 0.510. The summed E-state index contributed by atoms with van der Waals surface area (Å²) in [6.07, 6.45) is 4.74. The predicted octanol–water partition coefficient (Wildman–Crippen LogP) is 3.77. The minimum Gasteiger partial charge on any atom is -0.435 e. The molecule has 4 heterocycles. The van der Waals surface area contributed by atoms with E-state index in [2.05, 4.69) is 19.8 Å². The van der Waals surface area contributed by atoms with Gasteiger partial charge in [-0.1, -0.05) is 6.07 Å². The van der Waals surface area contributed by atoms with E-state index in [1.807, 2.05) is 11.9 Å². The van der Waals surface area contributed by atoms with Crippen LogP contribution in [0, 0.1) is 0 Å². The number of aromatic nitrogens is 4. The summed E-state index contributed by atoms with van der Waals surface area (Å²) >= 11 is 0. The number of benzene rings is 1. The van der Waals surface area contributed by atoms with E-state index in [4.69, 9.17) is 5.73 Å². The molecular formula is C23H20F2N6O2. The number of nitrogens with zero attached hydrogens (tertiary/aromatic N) is 5. The average Bonchev–Trinajstić information content (AvgIpc) is 3.32. The third-order valence-electron chi connectivity index (χ3n) is 6.76. The van der Waals surface area contributed by atoms with Gasteiger partial charge in [0.15, 0.2) is 0 Å². The summed E-state index contributed by atoms with van der Waals surface area (Å²) in [5.74, 6) is 0.568. The lowest BCUT2D eigenvalue weighted by Gasteiger charge is -2.33. The van der Waals surface area contributed by atoms with Crippen molar-refractivity contribution in [2.45, 2.75) is 31.4 Å². The summed E-state index contributed by atoms with van der Waals surface area (Å²) < 4.78 is 31.5. The summed E-state index contributed by atoms with van der Waals surface area (Å²) in [7, 11) is 1.81. The van der Waals surface area contributed by atoms with E-state index < -0.39 is 6.61 Å². The molecule has 33 heavy (non-hydrogen) atoms. The van der Waals surface area contributed by atoms with Gasteiger partial charge in [0.25, 0.3) is 5.91 Å². The zero-order valence-corrected chi connectivity index (χ0v) is 17.7. The Bertz CT molecular complexity index is 1440. The van der Waals surface area contributed by atoms with Crippen molar-refractivity contribution in [2.75, 3.05) is 12.3 Å². The van der Waals surface area contributed by atoms with Gasteiger partial charge in [-0.05, 0) is 48.1 Å². The van der Waals surface area contributed by atoms with Crippen molar-refractivity contribution >= 4 is 33.5 Å². The number of pyridine rings is 2. The van der Waals surface area contributed by atoms with Gasteiger partial charge < -0.3 is 15.4 Å². The van der Waals surface area contributed by atoms with Crippen molar-refractivity contribution in [1.82, 2.24) is 24.6 Å². The van der Waals surface area contributed by atoms with E-state index in [1.165, 1.54) is 6.07 Å². The molecule has 1 saturated heterocycles. The number of nitrogen functional groups attached to an aromatic ring is 1. The van der Waals surface area contributed by atoms with Crippen LogP contribution in [0.25, 0.3) is 21.8 Å². The van der Waals surface area contributed by atoms with Crippen LogP contribution in [-0.4, -0.2) is 43.7 Å². The molecule has 10 heteroatoms. The van der Waals surface area contributed by atoms with Crippen molar-refractivity contribution in [3.63, 3.8) is 0 Å². The number of anilines is 1. The molecule has 0 saturated carbocycles. The molecule has 3 aromatic heterocycles. The molecule has 6 rings (SSSR count). The van der Waals surface area contributed by atoms with Crippen molar-refractivity contribution < 1.29 is 18.3 Å². The number of likely N-dealkylation sites (tertiary alicyclic amines) is 1. The van der Waals surface area contributed by atoms with Gasteiger partial charge >= 0.3 is 6.61 Å². The number of hydrogen-bond acceptors (Lipinski definition) is 6. The molecule has 1 aliphatic heterocycles. The van der Waals surface area contributed by atoms with E-state index in [1.54, 1.807) is 35.3 Å². The maximum absolute atomic E-state index is 13.6. The summed E-state index contributed by atoms with van der Waals surface area (Å²) in [5.41, 5.74) is 9.73. The van der Waals surface area contributed by atoms with E-state index in [0.29, 0.717) is 23.6 Å². The third-order valence-corrected chi connectivity index (χ3v) is 6.76. The van der Waals surface area contributed by atoms with Crippen LogP contribution in [0.5, 0.6) is 5.75 Å². The van der Waals surface area contributed by atoms with Crippen LogP contribution in [0.2, 0.25) is 0 Å². The topological polar surface area (TPSA) is 99.2 Å². The van der Waals surface area contributed by atoms with Gasteiger partial charge in [-0.15, -0.1) is 0 Å². The fourth-order valence-corrected chi connectivity index (χ4v) is 5.30. The number of rotatable bonds is 3. The fraction of sp³-hybridized carbons (Fsp3) is 0.304. The molecule has 4 aromatic rings. The van der Waals surface area contributed by atoms with Gasteiger partial charge in [0.05, 0.1) is 34.9 Å². The van der Waals surface area contributed by atoms with Crippen LogP contribution in [-0.2, 0) is 7.05 Å². The minimum atomic E-state index is -2.86. The summed E-state index contributed by atoms with van der Waals surface area (Å²) in [5, 5.41) is 5.76. The van der Waals surface area contributed by atoms with Gasteiger partial charge in [0.1, 0.15) is 17.3 Å². The Morgan fingerprint density at radius 3 is 2.88 bits per heavy atom. The first kappa shape index (κ1) is 19.8. The van der Waals surface area contributed by atoms with E-state index >= 15 is 0 Å². The highest BCUT2D eigenvalue weighted by Gasteiger charge is 2.41. The third kappa shape index (κ3) is 3.00. The molecule has 1 fully saturated rings. The molecule has 0 spiro atoms. The van der Waals surface area contributed by atoms with Crippen molar-refractivity contribution in [3.8, 4) is 5.75 Å². The number of piperidine rings is 1. The number of fused-ring (bicyclic) bond motifs is 8. The standard InChI is InChI=1S/C23H20F2N6O2/c1-30-20-15-8-17(27-10-18(15)29-21(26)16(20)9-28-30)22(32)31-5-4-11-6-19(31)13-3-2-12(7-14(11)13)33-23(24)25/h2-3,7-11,19,23H,4-6H2,1H3,(H2,26,29)/t11-,19+/m1/s1. The summed E-state index contributed by atoms with van der Waals surface area (Å²) in [6.45, 7) is -2.30. The second-order valence-electron chi connectivity index (χ2n) is 8.52. The first-order valence-electron chi connectivity index (χ1n) is 10.7.